The summed E-state index contributed by atoms with van der Waals surface area (Å²) >= 11 is 0. The van der Waals surface area contributed by atoms with Gasteiger partial charge in [0.1, 0.15) is 17.3 Å². The summed E-state index contributed by atoms with van der Waals surface area (Å²) in [6, 6.07) is -0.303. The summed E-state index contributed by atoms with van der Waals surface area (Å²) in [5.74, 6) is 1.18. The molecule has 0 atom stereocenters. The Morgan fingerprint density at radius 3 is 0.972 bits per heavy atom. The summed E-state index contributed by atoms with van der Waals surface area (Å²) in [5.41, 5.74) is -0.778. The maximum Gasteiger partial charge on any atom is 0.331 e. The van der Waals surface area contributed by atoms with Crippen LogP contribution in [-0.2, 0) is 14.4 Å². The van der Waals surface area contributed by atoms with Crippen LogP contribution in [0, 0.1) is 16.2 Å². The van der Waals surface area contributed by atoms with E-state index in [1.54, 1.807) is 0 Å². The average Bonchev–Trinajstić information content (AvgIpc) is 2.62. The Morgan fingerprint density at radius 1 is 0.500 bits per heavy atom. The minimum atomic E-state index is -0.259. The molecular weight excluding hydrogens is 462 g/mol. The van der Waals surface area contributed by atoms with Crippen LogP contribution in [-0.4, -0.2) is 32.3 Å². The van der Waals surface area contributed by atoms with E-state index in [1.807, 2.05) is 41.5 Å². The summed E-state index contributed by atoms with van der Waals surface area (Å²) in [7, 11) is 0. The SMILES string of the molecule is CC1(C)CC(=O)C=C(Oc2nc(OC3=CC(=O)CC(C)(C)C3)nc(OC3=CC(=O)CC(C)(C)C3)n2)C1. The first-order chi connectivity index (χ1) is 16.7. The van der Waals surface area contributed by atoms with E-state index in [9.17, 15) is 14.4 Å². The van der Waals surface area contributed by atoms with Crippen molar-refractivity contribution in [3.63, 3.8) is 0 Å². The van der Waals surface area contributed by atoms with Crippen molar-refractivity contribution in [2.24, 2.45) is 16.2 Å². The van der Waals surface area contributed by atoms with Crippen molar-refractivity contribution in [3.05, 3.63) is 35.5 Å². The highest BCUT2D eigenvalue weighted by Crippen LogP contribution is 2.37. The highest BCUT2D eigenvalue weighted by molar-refractivity contribution is 5.92. The zero-order valence-electron chi connectivity index (χ0n) is 21.8. The van der Waals surface area contributed by atoms with Crippen molar-refractivity contribution in [1.29, 1.82) is 0 Å². The van der Waals surface area contributed by atoms with Crippen molar-refractivity contribution in [3.8, 4) is 18.0 Å². The molecule has 1 aromatic heterocycles. The number of carbonyl (C=O) groups excluding carboxylic acids is 3. The van der Waals surface area contributed by atoms with Crippen LogP contribution in [0.1, 0.15) is 80.1 Å². The number of ether oxygens (including phenoxy) is 3. The number of aromatic nitrogens is 3. The maximum absolute atomic E-state index is 12.2. The van der Waals surface area contributed by atoms with E-state index in [0.717, 1.165) is 0 Å². The van der Waals surface area contributed by atoms with Gasteiger partial charge in [0.15, 0.2) is 17.3 Å². The Kier molecular flexibility index (Phi) is 6.62. The van der Waals surface area contributed by atoms with E-state index in [4.69, 9.17) is 14.2 Å². The Bertz CT molecular complexity index is 1050. The average molecular weight is 496 g/mol. The predicted molar refractivity (Wildman–Crippen MR) is 130 cm³/mol. The van der Waals surface area contributed by atoms with Crippen LogP contribution >= 0.6 is 0 Å². The number of rotatable bonds is 6. The van der Waals surface area contributed by atoms with Crippen LogP contribution in [0.4, 0.5) is 0 Å². The van der Waals surface area contributed by atoms with Crippen LogP contribution in [0.5, 0.6) is 18.0 Å². The molecule has 1 heterocycles. The van der Waals surface area contributed by atoms with E-state index in [0.29, 0.717) is 55.8 Å². The van der Waals surface area contributed by atoms with E-state index in [1.165, 1.54) is 18.2 Å². The van der Waals surface area contributed by atoms with Gasteiger partial charge in [-0.1, -0.05) is 41.5 Å². The molecule has 1 aromatic rings. The smallest absolute Gasteiger partial charge is 0.331 e. The van der Waals surface area contributed by atoms with Gasteiger partial charge in [-0.25, -0.2) is 0 Å². The normalized spacial score (nSPS) is 22.8. The molecule has 3 aliphatic carbocycles. The summed E-state index contributed by atoms with van der Waals surface area (Å²) in [5, 5.41) is 0. The highest BCUT2D eigenvalue weighted by atomic mass is 16.5. The number of ketones is 3. The van der Waals surface area contributed by atoms with Gasteiger partial charge >= 0.3 is 18.0 Å². The largest absolute Gasteiger partial charge is 0.428 e. The van der Waals surface area contributed by atoms with E-state index < -0.39 is 0 Å². The first-order valence-electron chi connectivity index (χ1n) is 12.2. The first-order valence-corrected chi connectivity index (χ1v) is 12.2. The van der Waals surface area contributed by atoms with Gasteiger partial charge in [-0.05, 0) is 16.2 Å². The molecule has 3 aliphatic rings. The Balaban J connectivity index is 1.65. The second-order valence-electron chi connectivity index (χ2n) is 12.3. The quantitative estimate of drug-likeness (QED) is 0.547. The molecule has 36 heavy (non-hydrogen) atoms. The Labute approximate surface area is 211 Å². The molecule has 0 saturated heterocycles. The molecule has 0 spiro atoms. The zero-order valence-corrected chi connectivity index (χ0v) is 21.8. The van der Waals surface area contributed by atoms with Crippen molar-refractivity contribution in [1.82, 2.24) is 15.0 Å². The fourth-order valence-corrected chi connectivity index (χ4v) is 4.87. The van der Waals surface area contributed by atoms with Gasteiger partial charge in [0.25, 0.3) is 0 Å². The number of nitrogens with zero attached hydrogens (tertiary/aromatic N) is 3. The van der Waals surface area contributed by atoms with Gasteiger partial charge in [0.05, 0.1) is 0 Å². The van der Waals surface area contributed by atoms with Crippen LogP contribution in [0.15, 0.2) is 35.5 Å². The molecule has 9 heteroatoms. The lowest BCUT2D eigenvalue weighted by molar-refractivity contribution is -0.118. The number of hydrogen-bond donors (Lipinski definition) is 0. The van der Waals surface area contributed by atoms with Crippen molar-refractivity contribution >= 4 is 17.3 Å². The third-order valence-corrected chi connectivity index (χ3v) is 6.12. The fraction of sp³-hybridized carbons (Fsp3) is 0.556. The van der Waals surface area contributed by atoms with Gasteiger partial charge in [0, 0.05) is 56.8 Å². The molecule has 192 valence electrons. The van der Waals surface area contributed by atoms with Gasteiger partial charge in [-0.15, -0.1) is 15.0 Å². The van der Waals surface area contributed by atoms with Gasteiger partial charge < -0.3 is 14.2 Å². The second-order valence-corrected chi connectivity index (χ2v) is 12.3. The standard InChI is InChI=1S/C27H33N3O6/c1-25(2)10-16(31)7-19(13-25)34-22-28-23(35-20-8-17(32)11-26(3,4)14-20)30-24(29-22)36-21-9-18(33)12-27(5,6)15-21/h7-9H,10-15H2,1-6H3. The molecule has 0 radical (unpaired) electrons. The van der Waals surface area contributed by atoms with Crippen molar-refractivity contribution < 1.29 is 28.6 Å². The number of hydrogen-bond acceptors (Lipinski definition) is 9. The minimum absolute atomic E-state index is 0.0375. The number of carbonyl (C=O) groups is 3. The fourth-order valence-electron chi connectivity index (χ4n) is 4.87. The number of allylic oxidation sites excluding steroid dienone is 6. The van der Waals surface area contributed by atoms with E-state index in [-0.39, 0.29) is 51.6 Å². The second kappa shape index (κ2) is 9.26. The summed E-state index contributed by atoms with van der Waals surface area (Å²) in [6.07, 6.45) is 7.21. The van der Waals surface area contributed by atoms with Crippen LogP contribution < -0.4 is 14.2 Å². The Morgan fingerprint density at radius 2 is 0.750 bits per heavy atom. The molecule has 9 nitrogen and oxygen atoms in total. The van der Waals surface area contributed by atoms with E-state index in [2.05, 4.69) is 15.0 Å². The molecule has 0 unspecified atom stereocenters. The molecule has 0 bridgehead atoms. The maximum atomic E-state index is 12.2. The van der Waals surface area contributed by atoms with E-state index >= 15 is 0 Å². The van der Waals surface area contributed by atoms with Crippen molar-refractivity contribution in [2.45, 2.75) is 80.1 Å². The first kappa shape index (κ1) is 25.7. The molecule has 4 rings (SSSR count). The molecule has 0 aromatic carbocycles. The molecule has 0 aliphatic heterocycles. The lowest BCUT2D eigenvalue weighted by Crippen LogP contribution is -2.25. The molecular formula is C27H33N3O6. The molecule has 0 N–H and O–H groups in total. The van der Waals surface area contributed by atoms with Gasteiger partial charge in [0.2, 0.25) is 0 Å². The summed E-state index contributed by atoms with van der Waals surface area (Å²) in [6.45, 7) is 11.9. The van der Waals surface area contributed by atoms with Crippen LogP contribution in [0.3, 0.4) is 0 Å². The topological polar surface area (TPSA) is 118 Å². The summed E-state index contributed by atoms with van der Waals surface area (Å²) < 4.78 is 17.7. The monoisotopic (exact) mass is 495 g/mol. The van der Waals surface area contributed by atoms with Gasteiger partial charge in [-0.2, -0.15) is 0 Å². The van der Waals surface area contributed by atoms with Crippen molar-refractivity contribution in [2.75, 3.05) is 0 Å². The lowest BCUT2D eigenvalue weighted by Gasteiger charge is -2.29. The third kappa shape index (κ3) is 6.86. The van der Waals surface area contributed by atoms with Gasteiger partial charge in [-0.3, -0.25) is 14.4 Å². The zero-order chi connectivity index (χ0) is 26.3. The lowest BCUT2D eigenvalue weighted by atomic mass is 9.79. The molecule has 0 amide bonds. The molecule has 0 fully saturated rings. The van der Waals surface area contributed by atoms with Crippen LogP contribution in [0.25, 0.3) is 0 Å². The Hall–Kier alpha value is -3.36. The predicted octanol–water partition coefficient (Wildman–Crippen LogP) is 4.83. The molecule has 0 saturated carbocycles. The highest BCUT2D eigenvalue weighted by Gasteiger charge is 2.32. The van der Waals surface area contributed by atoms with Crippen LogP contribution in [0.2, 0.25) is 0 Å². The summed E-state index contributed by atoms with van der Waals surface area (Å²) in [4.78, 5) is 49.4. The third-order valence-electron chi connectivity index (χ3n) is 6.12. The minimum Gasteiger partial charge on any atom is -0.428 e.